The van der Waals surface area contributed by atoms with Crippen LogP contribution in [0.5, 0.6) is 0 Å². The van der Waals surface area contributed by atoms with Crippen molar-refractivity contribution in [1.82, 2.24) is 9.97 Å². The van der Waals surface area contributed by atoms with Crippen LogP contribution >= 0.6 is 11.6 Å². The summed E-state index contributed by atoms with van der Waals surface area (Å²) in [5, 5.41) is 7.38. The van der Waals surface area contributed by atoms with Crippen LogP contribution in [0.2, 0.25) is 5.02 Å². The number of fused-ring (bicyclic) bond motifs is 1. The van der Waals surface area contributed by atoms with Gasteiger partial charge in [0.25, 0.3) is 0 Å². The third kappa shape index (κ3) is 3.51. The summed E-state index contributed by atoms with van der Waals surface area (Å²) in [4.78, 5) is 9.01. The average molecular weight is 331 g/mol. The molecule has 6 heteroatoms. The van der Waals surface area contributed by atoms with Gasteiger partial charge in [-0.25, -0.2) is 9.37 Å². The van der Waals surface area contributed by atoms with Gasteiger partial charge in [0.2, 0.25) is 5.95 Å². The molecule has 0 unspecified atom stereocenters. The van der Waals surface area contributed by atoms with Crippen molar-refractivity contribution in [3.63, 3.8) is 0 Å². The third-order valence-electron chi connectivity index (χ3n) is 3.20. The first kappa shape index (κ1) is 15.5. The molecule has 0 radical (unpaired) electrons. The normalized spacial score (nSPS) is 11.0. The topological polar surface area (TPSA) is 49.8 Å². The predicted octanol–water partition coefficient (Wildman–Crippen LogP) is 4.99. The molecule has 23 heavy (non-hydrogen) atoms. The van der Waals surface area contributed by atoms with E-state index in [-0.39, 0.29) is 11.1 Å². The van der Waals surface area contributed by atoms with Crippen molar-refractivity contribution in [3.8, 4) is 0 Å². The molecule has 0 fully saturated rings. The Morgan fingerprint density at radius 1 is 1.09 bits per heavy atom. The fraction of sp³-hybridized carbons (Fsp3) is 0.176. The van der Waals surface area contributed by atoms with E-state index >= 15 is 0 Å². The second-order valence-electron chi connectivity index (χ2n) is 5.47. The van der Waals surface area contributed by atoms with Crippen LogP contribution < -0.4 is 10.6 Å². The zero-order valence-corrected chi connectivity index (χ0v) is 13.5. The number of nitrogens with one attached hydrogen (secondary N) is 2. The fourth-order valence-electron chi connectivity index (χ4n) is 2.22. The van der Waals surface area contributed by atoms with E-state index in [0.29, 0.717) is 11.6 Å². The average Bonchev–Trinajstić information content (AvgIpc) is 2.50. The summed E-state index contributed by atoms with van der Waals surface area (Å²) in [5.41, 5.74) is 1.45. The molecule has 0 aliphatic rings. The Labute approximate surface area is 138 Å². The first-order chi connectivity index (χ1) is 11.0. The summed E-state index contributed by atoms with van der Waals surface area (Å²) >= 11 is 5.81. The molecule has 0 bridgehead atoms. The molecule has 0 aliphatic carbocycles. The molecule has 4 nitrogen and oxygen atoms in total. The lowest BCUT2D eigenvalue weighted by Gasteiger charge is -2.14. The zero-order chi connectivity index (χ0) is 16.4. The maximum Gasteiger partial charge on any atom is 0.229 e. The van der Waals surface area contributed by atoms with Crippen molar-refractivity contribution in [2.75, 3.05) is 10.6 Å². The van der Waals surface area contributed by atoms with Crippen LogP contribution in [-0.4, -0.2) is 16.0 Å². The van der Waals surface area contributed by atoms with Gasteiger partial charge in [-0.2, -0.15) is 4.98 Å². The largest absolute Gasteiger partial charge is 0.367 e. The van der Waals surface area contributed by atoms with Gasteiger partial charge < -0.3 is 10.6 Å². The molecule has 3 rings (SSSR count). The lowest BCUT2D eigenvalue weighted by atomic mass is 10.2. The number of hydrogen-bond acceptors (Lipinski definition) is 4. The second-order valence-corrected chi connectivity index (χ2v) is 5.87. The minimum Gasteiger partial charge on any atom is -0.367 e. The Morgan fingerprint density at radius 3 is 2.61 bits per heavy atom. The highest BCUT2D eigenvalue weighted by Crippen LogP contribution is 2.25. The van der Waals surface area contributed by atoms with Gasteiger partial charge in [0.05, 0.1) is 10.5 Å². The molecule has 2 N–H and O–H groups in total. The SMILES string of the molecule is CC(C)Nc1nc(Nc2ccc(F)c(Cl)c2)nc2ccccc12. The smallest absolute Gasteiger partial charge is 0.229 e. The van der Waals surface area contributed by atoms with Crippen molar-refractivity contribution in [2.24, 2.45) is 0 Å². The Bertz CT molecular complexity index is 851. The van der Waals surface area contributed by atoms with E-state index in [1.165, 1.54) is 12.1 Å². The molecule has 2 aromatic carbocycles. The monoisotopic (exact) mass is 330 g/mol. The molecular formula is C17H16ClFN4. The Morgan fingerprint density at radius 2 is 1.87 bits per heavy atom. The fourth-order valence-corrected chi connectivity index (χ4v) is 2.40. The maximum absolute atomic E-state index is 13.3. The van der Waals surface area contributed by atoms with Gasteiger partial charge >= 0.3 is 0 Å². The summed E-state index contributed by atoms with van der Waals surface area (Å²) in [5.74, 6) is 0.717. The van der Waals surface area contributed by atoms with Crippen LogP contribution in [-0.2, 0) is 0 Å². The summed E-state index contributed by atoms with van der Waals surface area (Å²) in [6.07, 6.45) is 0. The molecule has 0 aliphatic heterocycles. The summed E-state index contributed by atoms with van der Waals surface area (Å²) in [6, 6.07) is 12.4. The summed E-state index contributed by atoms with van der Waals surface area (Å²) < 4.78 is 13.3. The zero-order valence-electron chi connectivity index (χ0n) is 12.8. The number of aromatic nitrogens is 2. The molecule has 0 saturated carbocycles. The van der Waals surface area contributed by atoms with Crippen molar-refractivity contribution in [3.05, 3.63) is 53.3 Å². The van der Waals surface area contributed by atoms with Crippen LogP contribution in [0.3, 0.4) is 0 Å². The molecule has 0 saturated heterocycles. The predicted molar refractivity (Wildman–Crippen MR) is 93.0 cm³/mol. The molecule has 1 heterocycles. The molecule has 3 aromatic rings. The minimum atomic E-state index is -0.459. The van der Waals surface area contributed by atoms with E-state index < -0.39 is 5.82 Å². The molecule has 0 spiro atoms. The van der Waals surface area contributed by atoms with E-state index in [1.807, 2.05) is 38.1 Å². The van der Waals surface area contributed by atoms with Gasteiger partial charge in [-0.15, -0.1) is 0 Å². The molecule has 0 atom stereocenters. The number of nitrogens with zero attached hydrogens (tertiary/aromatic N) is 2. The van der Waals surface area contributed by atoms with E-state index in [0.717, 1.165) is 16.7 Å². The standard InChI is InChI=1S/C17H16ClFN4/c1-10(2)20-16-12-5-3-4-6-15(12)22-17(23-16)21-11-7-8-14(19)13(18)9-11/h3-10H,1-2H3,(H2,20,21,22,23). The van der Waals surface area contributed by atoms with Crippen LogP contribution in [0.25, 0.3) is 10.9 Å². The van der Waals surface area contributed by atoms with Gasteiger partial charge in [-0.1, -0.05) is 23.7 Å². The van der Waals surface area contributed by atoms with Crippen LogP contribution in [0, 0.1) is 5.82 Å². The number of benzene rings is 2. The summed E-state index contributed by atoms with van der Waals surface area (Å²) in [7, 11) is 0. The molecular weight excluding hydrogens is 315 g/mol. The first-order valence-electron chi connectivity index (χ1n) is 7.28. The van der Waals surface area contributed by atoms with Crippen molar-refractivity contribution in [1.29, 1.82) is 0 Å². The lowest BCUT2D eigenvalue weighted by molar-refractivity contribution is 0.628. The third-order valence-corrected chi connectivity index (χ3v) is 3.49. The number of para-hydroxylation sites is 1. The highest BCUT2D eigenvalue weighted by molar-refractivity contribution is 6.31. The van der Waals surface area contributed by atoms with Gasteiger partial charge in [0.15, 0.2) is 0 Å². The van der Waals surface area contributed by atoms with Crippen LogP contribution in [0.4, 0.5) is 21.8 Å². The highest BCUT2D eigenvalue weighted by Gasteiger charge is 2.09. The summed E-state index contributed by atoms with van der Waals surface area (Å²) in [6.45, 7) is 4.09. The number of rotatable bonds is 4. The number of anilines is 3. The molecule has 1 aromatic heterocycles. The lowest BCUT2D eigenvalue weighted by Crippen LogP contribution is -2.12. The van der Waals surface area contributed by atoms with E-state index in [2.05, 4.69) is 20.6 Å². The Kier molecular flexibility index (Phi) is 4.30. The van der Waals surface area contributed by atoms with Crippen LogP contribution in [0.15, 0.2) is 42.5 Å². The maximum atomic E-state index is 13.3. The first-order valence-corrected chi connectivity index (χ1v) is 7.66. The molecule has 0 amide bonds. The van der Waals surface area contributed by atoms with Gasteiger partial charge in [0, 0.05) is 17.1 Å². The molecule has 118 valence electrons. The van der Waals surface area contributed by atoms with Crippen LogP contribution in [0.1, 0.15) is 13.8 Å². The van der Waals surface area contributed by atoms with Crippen molar-refractivity contribution < 1.29 is 4.39 Å². The van der Waals surface area contributed by atoms with Crippen molar-refractivity contribution >= 4 is 40.0 Å². The van der Waals surface area contributed by atoms with E-state index in [1.54, 1.807) is 6.07 Å². The highest BCUT2D eigenvalue weighted by atomic mass is 35.5. The van der Waals surface area contributed by atoms with Crippen molar-refractivity contribution in [2.45, 2.75) is 19.9 Å². The minimum absolute atomic E-state index is 0.0521. The van der Waals surface area contributed by atoms with Gasteiger partial charge in [-0.05, 0) is 44.2 Å². The van der Waals surface area contributed by atoms with Gasteiger partial charge in [0.1, 0.15) is 11.6 Å². The second kappa shape index (κ2) is 6.38. The van der Waals surface area contributed by atoms with E-state index in [4.69, 9.17) is 11.6 Å². The Hall–Kier alpha value is -2.40. The quantitative estimate of drug-likeness (QED) is 0.708. The number of hydrogen-bond donors (Lipinski definition) is 2. The van der Waals surface area contributed by atoms with E-state index in [9.17, 15) is 4.39 Å². The Balaban J connectivity index is 2.01. The number of halogens is 2. The van der Waals surface area contributed by atoms with Gasteiger partial charge in [-0.3, -0.25) is 0 Å².